The molecule has 1 aromatic carbocycles. The summed E-state index contributed by atoms with van der Waals surface area (Å²) >= 11 is 0. The van der Waals surface area contributed by atoms with Gasteiger partial charge in [-0.25, -0.2) is 9.78 Å². The predicted molar refractivity (Wildman–Crippen MR) is 204 cm³/mol. The van der Waals surface area contributed by atoms with Gasteiger partial charge in [-0.2, -0.15) is 0 Å². The largest absolute Gasteiger partial charge is 0.463 e. The number of rotatable bonds is 14. The Morgan fingerprint density at radius 2 is 1.83 bits per heavy atom. The molecule has 0 unspecified atom stereocenters. The lowest BCUT2D eigenvalue weighted by atomic mass is 9.65. The van der Waals surface area contributed by atoms with E-state index in [4.69, 9.17) is 9.47 Å². The van der Waals surface area contributed by atoms with Gasteiger partial charge in [0, 0.05) is 35.7 Å². The molecule has 4 aliphatic carbocycles. The summed E-state index contributed by atoms with van der Waals surface area (Å²) in [6, 6.07) is 11.0. The van der Waals surface area contributed by atoms with Crippen LogP contribution in [-0.4, -0.2) is 78.3 Å². The lowest BCUT2D eigenvalue weighted by Crippen LogP contribution is -2.52. The lowest BCUT2D eigenvalue weighted by molar-refractivity contribution is -0.150. The number of aromatic nitrogens is 1. The molecule has 6 atom stereocenters. The molecule has 7 rings (SSSR count). The Morgan fingerprint density at radius 3 is 2.57 bits per heavy atom. The molecule has 0 bridgehead atoms. The lowest BCUT2D eigenvalue weighted by Gasteiger charge is -2.42. The highest BCUT2D eigenvalue weighted by atomic mass is 16.7. The van der Waals surface area contributed by atoms with E-state index in [0.717, 1.165) is 69.3 Å². The fraction of sp³-hybridized carbons (Fsp3) is 0.581. The summed E-state index contributed by atoms with van der Waals surface area (Å²) in [7, 11) is 1.88. The molecule has 0 spiro atoms. The maximum atomic E-state index is 14.5. The maximum absolute atomic E-state index is 14.5. The summed E-state index contributed by atoms with van der Waals surface area (Å²) in [4.78, 5) is 47.8. The second-order valence-corrected chi connectivity index (χ2v) is 16.1. The third kappa shape index (κ3) is 6.81. The molecule has 2 heterocycles. The molecule has 2 saturated carbocycles. The minimum absolute atomic E-state index is 0.0652. The van der Waals surface area contributed by atoms with Gasteiger partial charge >= 0.3 is 5.97 Å². The van der Waals surface area contributed by atoms with Gasteiger partial charge in [-0.3, -0.25) is 9.59 Å². The van der Waals surface area contributed by atoms with Crippen molar-refractivity contribution in [3.05, 3.63) is 82.6 Å². The van der Waals surface area contributed by atoms with Gasteiger partial charge in [0.1, 0.15) is 5.82 Å². The maximum Gasteiger partial charge on any atom is 0.350 e. The zero-order valence-corrected chi connectivity index (χ0v) is 31.5. The monoisotopic (exact) mass is 724 g/mol. The van der Waals surface area contributed by atoms with Crippen LogP contribution in [0.4, 0.5) is 5.82 Å². The Balaban J connectivity index is 1.18. The van der Waals surface area contributed by atoms with Gasteiger partial charge < -0.3 is 30.5 Å². The van der Waals surface area contributed by atoms with Crippen molar-refractivity contribution in [1.29, 1.82) is 0 Å². The fourth-order valence-electron chi connectivity index (χ4n) is 10.1. The summed E-state index contributed by atoms with van der Waals surface area (Å²) in [6.45, 7) is 5.31. The number of esters is 1. The number of aliphatic hydroxyl groups is 1. The fourth-order valence-corrected chi connectivity index (χ4v) is 10.1. The minimum Gasteiger partial charge on any atom is -0.463 e. The van der Waals surface area contributed by atoms with Gasteiger partial charge in [0.25, 0.3) is 5.60 Å². The van der Waals surface area contributed by atoms with Gasteiger partial charge in [0.2, 0.25) is 5.78 Å². The topological polar surface area (TPSA) is 142 Å². The smallest absolute Gasteiger partial charge is 0.350 e. The number of carbonyl (C=O) groups is 3. The molecule has 10 nitrogen and oxygen atoms in total. The molecule has 3 fully saturated rings. The molecule has 1 aliphatic heterocycles. The molecule has 0 amide bonds. The van der Waals surface area contributed by atoms with Crippen molar-refractivity contribution in [2.45, 2.75) is 107 Å². The van der Waals surface area contributed by atoms with E-state index < -0.39 is 28.7 Å². The highest BCUT2D eigenvalue weighted by Crippen LogP contribution is 2.60. The van der Waals surface area contributed by atoms with Gasteiger partial charge in [0.05, 0.1) is 19.9 Å². The van der Waals surface area contributed by atoms with E-state index in [1.807, 2.05) is 20.2 Å². The van der Waals surface area contributed by atoms with Crippen molar-refractivity contribution < 1.29 is 29.0 Å². The highest BCUT2D eigenvalue weighted by molar-refractivity contribution is 6.32. The van der Waals surface area contributed by atoms with Crippen LogP contribution >= 0.6 is 0 Å². The molecule has 4 N–H and O–H groups in total. The Bertz CT molecular complexity index is 1770. The first kappa shape index (κ1) is 37.6. The number of nitrogens with zero attached hydrogens (tertiary/aromatic N) is 1. The number of aliphatic hydroxyl groups excluding tert-OH is 1. The Hall–Kier alpha value is -3.70. The van der Waals surface area contributed by atoms with Crippen LogP contribution in [0.1, 0.15) is 111 Å². The van der Waals surface area contributed by atoms with Crippen molar-refractivity contribution in [2.75, 3.05) is 38.8 Å². The number of hydrogen-bond acceptors (Lipinski definition) is 10. The summed E-state index contributed by atoms with van der Waals surface area (Å²) in [6.07, 6.45) is 16.5. The first-order valence-electron chi connectivity index (χ1n) is 19.8. The van der Waals surface area contributed by atoms with Gasteiger partial charge in [0.15, 0.2) is 11.4 Å². The second-order valence-electron chi connectivity index (χ2n) is 16.1. The standard InChI is InChI=1S/C43H56N4O6/c1-4-45-36-21-30-13-7-6-12-29(30)20-31(36)26-52-40(51)43-39(50)35-15-9-8-14-34(35)38(49)42(43,53-43)24-32(25-48)28(2)23-41(17-10-5-11-18-41)33-16-19-46-37(22-33)47-27-44-3/h7-9,13-16,19,22,29-31,36,44-45,48H,4-6,10-12,17-18,20-21,23-27H2,1-3H3,(H,46,47)/b32-28-/t29-,30+,31-,36-,42-,43-/m0/s1. The van der Waals surface area contributed by atoms with Gasteiger partial charge in [-0.15, -0.1) is 0 Å². The number of ketones is 2. The quantitative estimate of drug-likeness (QED) is 0.0597. The number of fused-ring (bicyclic) bond motifs is 3. The summed E-state index contributed by atoms with van der Waals surface area (Å²) in [5, 5.41) is 21.0. The summed E-state index contributed by atoms with van der Waals surface area (Å²) in [5.41, 5.74) is -0.885. The first-order valence-corrected chi connectivity index (χ1v) is 19.8. The van der Waals surface area contributed by atoms with Crippen LogP contribution in [0.25, 0.3) is 0 Å². The number of epoxide rings is 1. The van der Waals surface area contributed by atoms with E-state index in [-0.39, 0.29) is 48.1 Å². The number of allylic oxidation sites excluding steroid dienone is 3. The Labute approximate surface area is 313 Å². The van der Waals surface area contributed by atoms with Crippen LogP contribution in [0, 0.1) is 17.8 Å². The van der Waals surface area contributed by atoms with E-state index in [1.54, 1.807) is 24.3 Å². The summed E-state index contributed by atoms with van der Waals surface area (Å²) < 4.78 is 12.4. The molecule has 1 aromatic heterocycles. The normalized spacial score (nSPS) is 30.4. The number of benzene rings is 1. The minimum atomic E-state index is -2.08. The van der Waals surface area contributed by atoms with Crippen LogP contribution in [-0.2, 0) is 19.7 Å². The van der Waals surface area contributed by atoms with Crippen molar-refractivity contribution in [2.24, 2.45) is 17.8 Å². The molecule has 1 saturated heterocycles. The SMILES string of the molecule is CCN[C@H]1C[C@H]2C=CCC[C@H]2C[C@H]1COC(=O)[C@]12O[C@@]1(C/C(CO)=C(\C)CC1(c3ccnc(NCNC)c3)CCCCC1)C(=O)c1ccccc1C2=O. The molecule has 10 heteroatoms. The van der Waals surface area contributed by atoms with Crippen LogP contribution in [0.15, 0.2) is 65.9 Å². The van der Waals surface area contributed by atoms with Crippen molar-refractivity contribution in [3.8, 4) is 0 Å². The second kappa shape index (κ2) is 15.6. The van der Waals surface area contributed by atoms with Crippen LogP contribution < -0.4 is 16.0 Å². The zero-order chi connectivity index (χ0) is 37.2. The third-order valence-corrected chi connectivity index (χ3v) is 13.0. The molecule has 0 radical (unpaired) electrons. The molecular formula is C43H56N4O6. The highest BCUT2D eigenvalue weighted by Gasteiger charge is 2.85. The number of ether oxygens (including phenoxy) is 2. The van der Waals surface area contributed by atoms with Crippen molar-refractivity contribution in [3.63, 3.8) is 0 Å². The van der Waals surface area contributed by atoms with E-state index in [1.165, 1.54) is 12.0 Å². The zero-order valence-electron chi connectivity index (χ0n) is 31.5. The molecule has 2 aromatic rings. The number of Topliss-reactive ketones (excluding diaryl/α,β-unsaturated/α-hetero) is 2. The number of carbonyl (C=O) groups excluding carboxylic acids is 3. The van der Waals surface area contributed by atoms with E-state index >= 15 is 0 Å². The number of hydrogen-bond donors (Lipinski definition) is 4. The van der Waals surface area contributed by atoms with Crippen LogP contribution in [0.3, 0.4) is 0 Å². The van der Waals surface area contributed by atoms with Gasteiger partial charge in [-0.1, -0.05) is 68.2 Å². The molecule has 5 aliphatic rings. The number of anilines is 1. The Kier molecular flexibility index (Phi) is 11.1. The number of pyridine rings is 1. The average molecular weight is 725 g/mol. The third-order valence-electron chi connectivity index (χ3n) is 13.0. The van der Waals surface area contributed by atoms with Crippen molar-refractivity contribution in [1.82, 2.24) is 15.6 Å². The van der Waals surface area contributed by atoms with Crippen LogP contribution in [0.2, 0.25) is 0 Å². The van der Waals surface area contributed by atoms with E-state index in [9.17, 15) is 19.5 Å². The van der Waals surface area contributed by atoms with Crippen LogP contribution in [0.5, 0.6) is 0 Å². The molecule has 284 valence electrons. The average Bonchev–Trinajstić information content (AvgIpc) is 3.89. The molecular weight excluding hydrogens is 668 g/mol. The van der Waals surface area contributed by atoms with E-state index in [0.29, 0.717) is 30.5 Å². The first-order chi connectivity index (χ1) is 25.7. The molecule has 53 heavy (non-hydrogen) atoms. The summed E-state index contributed by atoms with van der Waals surface area (Å²) in [5.74, 6) is 0.176. The van der Waals surface area contributed by atoms with Gasteiger partial charge in [-0.05, 0) is 106 Å². The van der Waals surface area contributed by atoms with Crippen molar-refractivity contribution >= 4 is 23.4 Å². The number of nitrogens with one attached hydrogen (secondary N) is 3. The van der Waals surface area contributed by atoms with E-state index in [2.05, 4.69) is 52.1 Å². The predicted octanol–water partition coefficient (Wildman–Crippen LogP) is 6.06. The Morgan fingerprint density at radius 1 is 1.06 bits per heavy atom.